The fraction of sp³-hybridized carbons (Fsp3) is 0.529. The van der Waals surface area contributed by atoms with Crippen molar-refractivity contribution in [2.45, 2.75) is 44.8 Å². The first-order valence-corrected chi connectivity index (χ1v) is 8.33. The lowest BCUT2D eigenvalue weighted by atomic mass is 10.1. The molecule has 1 aliphatic heterocycles. The summed E-state index contributed by atoms with van der Waals surface area (Å²) in [7, 11) is 0. The van der Waals surface area contributed by atoms with Crippen LogP contribution in [0.15, 0.2) is 22.9 Å². The molecule has 0 spiro atoms. The van der Waals surface area contributed by atoms with Crippen molar-refractivity contribution >= 4 is 5.91 Å². The highest BCUT2D eigenvalue weighted by atomic mass is 16.5. The van der Waals surface area contributed by atoms with Gasteiger partial charge >= 0.3 is 0 Å². The maximum Gasteiger partial charge on any atom is 0.273 e. The zero-order valence-electron chi connectivity index (χ0n) is 13.8. The quantitative estimate of drug-likeness (QED) is 0.859. The number of aryl methyl sites for hydroxylation is 1. The monoisotopic (exact) mass is 328 g/mol. The molecule has 1 aliphatic carbocycles. The summed E-state index contributed by atoms with van der Waals surface area (Å²) in [5.74, 6) is 1.47. The van der Waals surface area contributed by atoms with Crippen LogP contribution in [0.2, 0.25) is 0 Å². The Morgan fingerprint density at radius 1 is 1.38 bits per heavy atom. The maximum absolute atomic E-state index is 13.0. The van der Waals surface area contributed by atoms with Crippen molar-refractivity contribution in [2.75, 3.05) is 13.2 Å². The molecule has 0 aromatic carbocycles. The van der Waals surface area contributed by atoms with Crippen LogP contribution < -0.4 is 0 Å². The van der Waals surface area contributed by atoms with E-state index in [1.165, 1.54) is 0 Å². The lowest BCUT2D eigenvalue weighted by Gasteiger charge is -2.37. The van der Waals surface area contributed by atoms with Crippen molar-refractivity contribution in [2.24, 2.45) is 0 Å². The number of morpholine rings is 1. The van der Waals surface area contributed by atoms with E-state index < -0.39 is 0 Å². The number of hydrogen-bond acceptors (Lipinski definition) is 6. The van der Waals surface area contributed by atoms with Crippen LogP contribution in [0.1, 0.15) is 59.5 Å². The summed E-state index contributed by atoms with van der Waals surface area (Å²) in [6, 6.07) is 3.33. The molecule has 2 aromatic heterocycles. The Kier molecular flexibility index (Phi) is 3.80. The average molecular weight is 328 g/mol. The molecule has 1 saturated carbocycles. The summed E-state index contributed by atoms with van der Waals surface area (Å²) >= 11 is 0. The second-order valence-electron chi connectivity index (χ2n) is 6.45. The minimum Gasteiger partial charge on any atom is -0.374 e. The average Bonchev–Trinajstić information content (AvgIpc) is 3.32. The van der Waals surface area contributed by atoms with Crippen molar-refractivity contribution in [3.05, 3.63) is 41.3 Å². The highest BCUT2D eigenvalue weighted by Gasteiger charge is 2.40. The standard InChI is InChI=1S/C17H20N4O3/c1-10-4-3-7-18-13(10)17(22)21-8-9-23-11(2)14(21)16-19-15(20-24-16)12-5-6-12/h3-4,7,11-12,14H,5-6,8-9H2,1-2H3/t11-,14+/m1/s1. The van der Waals surface area contributed by atoms with E-state index in [1.54, 1.807) is 11.1 Å². The van der Waals surface area contributed by atoms with Crippen LogP contribution in [-0.4, -0.2) is 45.2 Å². The Morgan fingerprint density at radius 3 is 2.96 bits per heavy atom. The van der Waals surface area contributed by atoms with E-state index in [2.05, 4.69) is 15.1 Å². The SMILES string of the molecule is Cc1cccnc1C(=O)N1CCO[C@H](C)[C@H]1c1nc(C2CC2)no1. The number of hydrogen-bond donors (Lipinski definition) is 0. The summed E-state index contributed by atoms with van der Waals surface area (Å²) < 4.78 is 11.2. The van der Waals surface area contributed by atoms with Gasteiger partial charge in [0.25, 0.3) is 11.8 Å². The van der Waals surface area contributed by atoms with Crippen molar-refractivity contribution in [3.63, 3.8) is 0 Å². The van der Waals surface area contributed by atoms with E-state index in [1.807, 2.05) is 26.0 Å². The van der Waals surface area contributed by atoms with Crippen LogP contribution in [0.25, 0.3) is 0 Å². The van der Waals surface area contributed by atoms with Gasteiger partial charge in [-0.1, -0.05) is 11.2 Å². The third kappa shape index (κ3) is 2.69. The van der Waals surface area contributed by atoms with Crippen LogP contribution >= 0.6 is 0 Å². The number of aromatic nitrogens is 3. The summed E-state index contributed by atoms with van der Waals surface area (Å²) in [5, 5.41) is 4.08. The molecule has 24 heavy (non-hydrogen) atoms. The fourth-order valence-electron chi connectivity index (χ4n) is 3.10. The van der Waals surface area contributed by atoms with Crippen molar-refractivity contribution in [1.29, 1.82) is 0 Å². The van der Waals surface area contributed by atoms with Gasteiger partial charge in [0.1, 0.15) is 11.7 Å². The highest BCUT2D eigenvalue weighted by molar-refractivity contribution is 5.94. The minimum atomic E-state index is -0.382. The number of nitrogens with zero attached hydrogens (tertiary/aromatic N) is 4. The van der Waals surface area contributed by atoms with Crippen LogP contribution in [0.4, 0.5) is 0 Å². The molecule has 126 valence electrons. The van der Waals surface area contributed by atoms with Gasteiger partial charge in [-0.25, -0.2) is 0 Å². The normalized spacial score (nSPS) is 24.2. The summed E-state index contributed by atoms with van der Waals surface area (Å²) in [6.45, 7) is 4.78. The first-order chi connectivity index (χ1) is 11.6. The Hall–Kier alpha value is -2.28. The molecule has 2 fully saturated rings. The van der Waals surface area contributed by atoms with Crippen LogP contribution in [0.5, 0.6) is 0 Å². The molecule has 7 nitrogen and oxygen atoms in total. The molecular formula is C17H20N4O3. The van der Waals surface area contributed by atoms with E-state index >= 15 is 0 Å². The predicted octanol–water partition coefficient (Wildman–Crippen LogP) is 2.25. The molecule has 7 heteroatoms. The number of amides is 1. The van der Waals surface area contributed by atoms with Crippen molar-refractivity contribution in [1.82, 2.24) is 20.0 Å². The lowest BCUT2D eigenvalue weighted by molar-refractivity contribution is -0.0602. The minimum absolute atomic E-state index is 0.126. The van der Waals surface area contributed by atoms with Crippen LogP contribution in [0, 0.1) is 6.92 Å². The van der Waals surface area contributed by atoms with Crippen LogP contribution in [-0.2, 0) is 4.74 Å². The van der Waals surface area contributed by atoms with Crippen LogP contribution in [0.3, 0.4) is 0 Å². The molecule has 2 aromatic rings. The topological polar surface area (TPSA) is 81.4 Å². The summed E-state index contributed by atoms with van der Waals surface area (Å²) in [4.78, 5) is 23.5. The molecule has 1 amide bonds. The van der Waals surface area contributed by atoms with Gasteiger partial charge in [0.05, 0.1) is 12.7 Å². The van der Waals surface area contributed by atoms with Gasteiger partial charge in [-0.05, 0) is 38.3 Å². The Balaban J connectivity index is 1.66. The van der Waals surface area contributed by atoms with Crippen molar-refractivity contribution in [3.8, 4) is 0 Å². The molecular weight excluding hydrogens is 308 g/mol. The van der Waals surface area contributed by atoms with Gasteiger partial charge in [0, 0.05) is 18.7 Å². The van der Waals surface area contributed by atoms with Gasteiger partial charge in [-0.15, -0.1) is 0 Å². The Bertz CT molecular complexity index is 756. The third-order valence-electron chi connectivity index (χ3n) is 4.62. The molecule has 2 aliphatic rings. The van der Waals surface area contributed by atoms with Gasteiger partial charge in [0.2, 0.25) is 0 Å². The first-order valence-electron chi connectivity index (χ1n) is 8.33. The Morgan fingerprint density at radius 2 is 2.21 bits per heavy atom. The lowest BCUT2D eigenvalue weighted by Crippen LogP contribution is -2.47. The highest BCUT2D eigenvalue weighted by Crippen LogP contribution is 2.39. The second kappa shape index (κ2) is 5.98. The van der Waals surface area contributed by atoms with Gasteiger partial charge in [-0.3, -0.25) is 9.78 Å². The van der Waals surface area contributed by atoms with Gasteiger partial charge in [0.15, 0.2) is 5.82 Å². The molecule has 3 heterocycles. The van der Waals surface area contributed by atoms with E-state index in [-0.39, 0.29) is 18.1 Å². The van der Waals surface area contributed by atoms with Gasteiger partial charge in [-0.2, -0.15) is 4.98 Å². The predicted molar refractivity (Wildman–Crippen MR) is 84.4 cm³/mol. The molecule has 2 atom stereocenters. The molecule has 0 bridgehead atoms. The van der Waals surface area contributed by atoms with E-state index in [4.69, 9.17) is 9.26 Å². The van der Waals surface area contributed by atoms with E-state index in [0.717, 1.165) is 24.2 Å². The van der Waals surface area contributed by atoms with E-state index in [9.17, 15) is 4.79 Å². The third-order valence-corrected chi connectivity index (χ3v) is 4.62. The van der Waals surface area contributed by atoms with E-state index in [0.29, 0.717) is 30.7 Å². The number of carbonyl (C=O) groups excluding carboxylic acids is 1. The number of rotatable bonds is 3. The number of carbonyl (C=O) groups is 1. The first kappa shape index (κ1) is 15.3. The molecule has 4 rings (SSSR count). The number of ether oxygens (including phenoxy) is 1. The maximum atomic E-state index is 13.0. The molecule has 1 saturated heterocycles. The van der Waals surface area contributed by atoms with Crippen molar-refractivity contribution < 1.29 is 14.1 Å². The van der Waals surface area contributed by atoms with Gasteiger partial charge < -0.3 is 14.2 Å². The zero-order valence-corrected chi connectivity index (χ0v) is 13.8. The Labute approximate surface area is 140 Å². The molecule has 0 unspecified atom stereocenters. The zero-order chi connectivity index (χ0) is 16.7. The summed E-state index contributed by atoms with van der Waals surface area (Å²) in [6.07, 6.45) is 3.63. The molecule has 0 radical (unpaired) electrons. The summed E-state index contributed by atoms with van der Waals surface area (Å²) in [5.41, 5.74) is 1.31. The fourth-order valence-corrected chi connectivity index (χ4v) is 3.10. The number of pyridine rings is 1. The smallest absolute Gasteiger partial charge is 0.273 e. The second-order valence-corrected chi connectivity index (χ2v) is 6.45. The molecule has 0 N–H and O–H groups in total. The largest absolute Gasteiger partial charge is 0.374 e.